The van der Waals surface area contributed by atoms with E-state index in [0.29, 0.717) is 68.0 Å². The summed E-state index contributed by atoms with van der Waals surface area (Å²) in [5.74, 6) is -0.485. The Kier molecular flexibility index (Phi) is 15.3. The Labute approximate surface area is 366 Å². The molecule has 3 amide bonds. The topological polar surface area (TPSA) is 142 Å². The van der Waals surface area contributed by atoms with E-state index in [0.717, 1.165) is 66.5 Å². The highest BCUT2D eigenvalue weighted by Crippen LogP contribution is 2.47. The van der Waals surface area contributed by atoms with Crippen LogP contribution < -0.4 is 10.1 Å². The van der Waals surface area contributed by atoms with Gasteiger partial charge in [-0.2, -0.15) is 0 Å². The zero-order valence-corrected chi connectivity index (χ0v) is 36.5. The number of nitrogens with zero attached hydrogens (tertiary/aromatic N) is 4. The highest BCUT2D eigenvalue weighted by atomic mass is 16.6. The van der Waals surface area contributed by atoms with Crippen molar-refractivity contribution in [3.63, 3.8) is 0 Å². The van der Waals surface area contributed by atoms with E-state index in [1.54, 1.807) is 28.9 Å². The predicted octanol–water partition coefficient (Wildman–Crippen LogP) is 9.08. The van der Waals surface area contributed by atoms with Crippen LogP contribution in [0.1, 0.15) is 127 Å². The van der Waals surface area contributed by atoms with Gasteiger partial charge in [0.2, 0.25) is 5.91 Å². The fourth-order valence-electron chi connectivity index (χ4n) is 9.00. The number of unbranched alkanes of at least 4 members (excludes halogenated alkanes) is 8. The number of aliphatic hydroxyl groups is 1. The first-order valence-electron chi connectivity index (χ1n) is 22.9. The molecule has 62 heavy (non-hydrogen) atoms. The average molecular weight is 846 g/mol. The number of esters is 1. The van der Waals surface area contributed by atoms with Gasteiger partial charge >= 0.3 is 12.1 Å². The number of benzene rings is 2. The molecule has 4 aliphatic rings. The van der Waals surface area contributed by atoms with E-state index >= 15 is 0 Å². The second-order valence-electron chi connectivity index (χ2n) is 17.1. The van der Waals surface area contributed by atoms with Crippen LogP contribution in [-0.4, -0.2) is 87.1 Å². The van der Waals surface area contributed by atoms with Crippen molar-refractivity contribution in [2.24, 2.45) is 0 Å². The van der Waals surface area contributed by atoms with Crippen LogP contribution in [0.5, 0.6) is 5.75 Å². The number of fused-ring (bicyclic) bond motifs is 4. The van der Waals surface area contributed by atoms with Crippen LogP contribution in [0.25, 0.3) is 10.9 Å². The number of hydrogen-bond acceptors (Lipinski definition) is 9. The highest BCUT2D eigenvalue weighted by molar-refractivity contribution is 6.01. The number of pyridine rings is 1. The number of rotatable bonds is 19. The molecule has 1 fully saturated rings. The van der Waals surface area contributed by atoms with Crippen LogP contribution >= 0.6 is 0 Å². The molecule has 330 valence electrons. The molecule has 0 aliphatic carbocycles. The first-order chi connectivity index (χ1) is 30.2. The molecular formula is C50H63N5O7. The van der Waals surface area contributed by atoms with Crippen molar-refractivity contribution in [1.82, 2.24) is 19.7 Å². The number of aromatic nitrogens is 1. The molecule has 7 rings (SSSR count). The number of amides is 3. The highest BCUT2D eigenvalue weighted by Gasteiger charge is 2.52. The van der Waals surface area contributed by atoms with Crippen molar-refractivity contribution in [2.75, 3.05) is 38.1 Å². The summed E-state index contributed by atoms with van der Waals surface area (Å²) in [6.45, 7) is 7.40. The van der Waals surface area contributed by atoms with Gasteiger partial charge < -0.3 is 29.7 Å². The van der Waals surface area contributed by atoms with Crippen LogP contribution in [0.3, 0.4) is 0 Å². The Bertz CT molecular complexity index is 2170. The third-order valence-corrected chi connectivity index (χ3v) is 12.7. The second kappa shape index (κ2) is 21.2. The standard InChI is InChI=1S/C50H63N5O7/c1-3-5-6-7-8-9-10-11-12-13-14-15-16-17-18-19-45(56)51-39-22-20-36(21-23-39)33-53-26-28-54(29-27-53)49(59)62-40-24-25-43-37(31-40)30-38-34-55-44(46(38)52-43)32-42-41(47(55)57)35-61-48(58)50(42,60)4-2/h8-9,11-12,20-25,30-31,44,60H,3-7,10,13-19,26-29,32-35H2,1-2H3,(H,51,56)/b9-8+,12-11+/t44?,50-/m0/s1. The lowest BCUT2D eigenvalue weighted by atomic mass is 9.79. The van der Waals surface area contributed by atoms with Gasteiger partial charge in [-0.05, 0) is 104 Å². The molecule has 12 heteroatoms. The minimum atomic E-state index is -1.81. The molecule has 5 heterocycles. The van der Waals surface area contributed by atoms with Crippen molar-refractivity contribution in [2.45, 2.75) is 128 Å². The maximum absolute atomic E-state index is 13.5. The molecule has 4 aliphatic heterocycles. The molecule has 0 saturated carbocycles. The molecule has 3 aromatic rings. The van der Waals surface area contributed by atoms with Crippen molar-refractivity contribution in [3.8, 4) is 5.75 Å². The van der Waals surface area contributed by atoms with Gasteiger partial charge in [0.25, 0.3) is 5.91 Å². The number of cyclic esters (lactones) is 1. The minimum Gasteiger partial charge on any atom is -0.458 e. The van der Waals surface area contributed by atoms with Gasteiger partial charge in [0, 0.05) is 56.8 Å². The minimum absolute atomic E-state index is 0.0584. The normalized spacial score (nSPS) is 20.2. The maximum atomic E-state index is 13.5. The van der Waals surface area contributed by atoms with Gasteiger partial charge in [-0.25, -0.2) is 9.59 Å². The second-order valence-corrected chi connectivity index (χ2v) is 17.1. The summed E-state index contributed by atoms with van der Waals surface area (Å²) in [6.07, 6.45) is 22.5. The summed E-state index contributed by atoms with van der Waals surface area (Å²) in [4.78, 5) is 62.6. The molecule has 2 aromatic carbocycles. The monoisotopic (exact) mass is 845 g/mol. The van der Waals surface area contributed by atoms with E-state index in [4.69, 9.17) is 14.5 Å². The smallest absolute Gasteiger partial charge is 0.415 e. The number of allylic oxidation sites excluding steroid dienone is 4. The van der Waals surface area contributed by atoms with Crippen LogP contribution in [0, 0.1) is 0 Å². The van der Waals surface area contributed by atoms with E-state index in [2.05, 4.69) is 53.6 Å². The first-order valence-corrected chi connectivity index (χ1v) is 22.9. The summed E-state index contributed by atoms with van der Waals surface area (Å²) in [5, 5.41) is 15.0. The SMILES string of the molecule is CCCCC/C=C/C/C=C/CCCCCCCC(=O)Nc1ccc(CN2CCN(C(=O)Oc3ccc4nc5c(cc4c3)CN3C(=O)C4=C(CC53)[C@@](O)(CC)C(=O)OC4)CC2)cc1. The molecule has 12 nitrogen and oxygen atoms in total. The van der Waals surface area contributed by atoms with Crippen molar-refractivity contribution < 1.29 is 33.8 Å². The maximum Gasteiger partial charge on any atom is 0.415 e. The quantitative estimate of drug-likeness (QED) is 0.0687. The fourth-order valence-corrected chi connectivity index (χ4v) is 9.00. The Balaban J connectivity index is 0.795. The Morgan fingerprint density at radius 1 is 0.903 bits per heavy atom. The fraction of sp³-hybridized carbons (Fsp3) is 0.500. The van der Waals surface area contributed by atoms with Gasteiger partial charge in [0.05, 0.1) is 22.8 Å². The first kappa shape index (κ1) is 44.7. The van der Waals surface area contributed by atoms with E-state index in [9.17, 15) is 24.3 Å². The Hall–Kier alpha value is -5.33. The molecule has 1 aromatic heterocycles. The number of hydrogen-bond donors (Lipinski definition) is 2. The summed E-state index contributed by atoms with van der Waals surface area (Å²) in [7, 11) is 0. The summed E-state index contributed by atoms with van der Waals surface area (Å²) in [5.41, 5.74) is 3.26. The number of carbonyl (C=O) groups excluding carboxylic acids is 4. The average Bonchev–Trinajstić information content (AvgIpc) is 3.64. The predicted molar refractivity (Wildman–Crippen MR) is 240 cm³/mol. The lowest BCUT2D eigenvalue weighted by molar-refractivity contribution is -0.165. The van der Waals surface area contributed by atoms with Gasteiger partial charge in [-0.1, -0.05) is 82.4 Å². The summed E-state index contributed by atoms with van der Waals surface area (Å²) >= 11 is 0. The van der Waals surface area contributed by atoms with Gasteiger partial charge in [-0.15, -0.1) is 0 Å². The Morgan fingerprint density at radius 2 is 1.63 bits per heavy atom. The van der Waals surface area contributed by atoms with Crippen molar-refractivity contribution in [1.29, 1.82) is 0 Å². The molecular weight excluding hydrogens is 783 g/mol. The Morgan fingerprint density at radius 3 is 2.37 bits per heavy atom. The zero-order valence-electron chi connectivity index (χ0n) is 36.5. The van der Waals surface area contributed by atoms with Crippen molar-refractivity contribution >= 4 is 40.5 Å². The third-order valence-electron chi connectivity index (χ3n) is 12.7. The number of ether oxygens (including phenoxy) is 2. The number of piperazine rings is 1. The van der Waals surface area contributed by atoms with Crippen molar-refractivity contribution in [3.05, 3.63) is 101 Å². The molecule has 2 N–H and O–H groups in total. The van der Waals surface area contributed by atoms with Crippen LogP contribution in [0.15, 0.2) is 84.0 Å². The molecule has 1 unspecified atom stereocenters. The zero-order chi connectivity index (χ0) is 43.5. The lowest BCUT2D eigenvalue weighted by Crippen LogP contribution is -2.51. The third kappa shape index (κ3) is 10.8. The van der Waals surface area contributed by atoms with E-state index in [1.165, 1.54) is 38.5 Å². The lowest BCUT2D eigenvalue weighted by Gasteiger charge is -2.41. The number of anilines is 1. The number of carbonyl (C=O) groups is 4. The van der Waals surface area contributed by atoms with Gasteiger partial charge in [0.1, 0.15) is 12.4 Å². The molecule has 1 saturated heterocycles. The van der Waals surface area contributed by atoms with Crippen LogP contribution in [0.4, 0.5) is 10.5 Å². The van der Waals surface area contributed by atoms with Gasteiger partial charge in [-0.3, -0.25) is 19.5 Å². The van der Waals surface area contributed by atoms with E-state index in [-0.39, 0.29) is 30.9 Å². The largest absolute Gasteiger partial charge is 0.458 e. The number of nitrogens with one attached hydrogen (secondary N) is 1. The molecule has 0 bridgehead atoms. The van der Waals surface area contributed by atoms with Crippen LogP contribution in [0.2, 0.25) is 0 Å². The van der Waals surface area contributed by atoms with Crippen LogP contribution in [-0.2, 0) is 32.2 Å². The van der Waals surface area contributed by atoms with Gasteiger partial charge in [0.15, 0.2) is 5.60 Å². The summed E-state index contributed by atoms with van der Waals surface area (Å²) < 4.78 is 11.0. The van der Waals surface area contributed by atoms with E-state index < -0.39 is 17.7 Å². The molecule has 0 spiro atoms. The van der Waals surface area contributed by atoms with E-state index in [1.807, 2.05) is 24.3 Å². The molecule has 2 atom stereocenters. The summed E-state index contributed by atoms with van der Waals surface area (Å²) in [6, 6.07) is 15.0. The molecule has 0 radical (unpaired) electrons.